The number of hydrogen-bond acceptors (Lipinski definition) is 4. The van der Waals surface area contributed by atoms with Crippen molar-refractivity contribution in [1.82, 2.24) is 4.98 Å². The van der Waals surface area contributed by atoms with Crippen molar-refractivity contribution >= 4 is 17.1 Å². The van der Waals surface area contributed by atoms with Gasteiger partial charge < -0.3 is 24.3 Å². The summed E-state index contributed by atoms with van der Waals surface area (Å²) < 4.78 is 17.0. The van der Waals surface area contributed by atoms with Crippen molar-refractivity contribution in [2.45, 2.75) is 19.8 Å². The zero-order valence-electron chi connectivity index (χ0n) is 20.4. The van der Waals surface area contributed by atoms with Gasteiger partial charge in [-0.2, -0.15) is 0 Å². The maximum atomic E-state index is 11.4. The summed E-state index contributed by atoms with van der Waals surface area (Å²) in [6.07, 6.45) is -0.0989. The average molecular weight is 494 g/mol. The van der Waals surface area contributed by atoms with Crippen LogP contribution in [0.2, 0.25) is 0 Å². The molecule has 0 saturated carbocycles. The fourth-order valence-corrected chi connectivity index (χ4v) is 4.46. The summed E-state index contributed by atoms with van der Waals surface area (Å²) in [6, 6.07) is 31.2. The molecule has 0 aliphatic heterocycles. The zero-order valence-corrected chi connectivity index (χ0v) is 20.4. The van der Waals surface area contributed by atoms with Gasteiger partial charge in [0.15, 0.2) is 0 Å². The third kappa shape index (κ3) is 5.59. The number of hydrogen-bond donors (Lipinski definition) is 2. The van der Waals surface area contributed by atoms with Crippen molar-refractivity contribution in [3.05, 3.63) is 108 Å². The molecule has 1 heterocycles. The van der Waals surface area contributed by atoms with Gasteiger partial charge in [-0.1, -0.05) is 66.7 Å². The smallest absolute Gasteiger partial charge is 0.493 e. The lowest BCUT2D eigenvalue weighted by atomic mass is 9.97. The molecule has 0 radical (unpaired) electrons. The first-order chi connectivity index (χ1) is 18.1. The number of aryl methyl sites for hydroxylation is 2. The number of carboxylic acid groups (broad SMARTS) is 1. The van der Waals surface area contributed by atoms with Gasteiger partial charge in [-0.25, -0.2) is 4.79 Å². The second-order valence-corrected chi connectivity index (χ2v) is 8.69. The topological polar surface area (TPSA) is 80.8 Å². The van der Waals surface area contributed by atoms with E-state index in [1.54, 1.807) is 0 Å². The Morgan fingerprint density at radius 2 is 1.51 bits per heavy atom. The first-order valence-corrected chi connectivity index (χ1v) is 12.1. The molecule has 5 rings (SSSR count). The van der Waals surface area contributed by atoms with Gasteiger partial charge >= 0.3 is 6.16 Å². The van der Waals surface area contributed by atoms with Crippen molar-refractivity contribution < 1.29 is 24.1 Å². The molecule has 0 unspecified atom stereocenters. The first kappa shape index (κ1) is 24.0. The maximum Gasteiger partial charge on any atom is 0.512 e. The molecule has 0 saturated heterocycles. The van der Waals surface area contributed by atoms with E-state index in [-0.39, 0.29) is 5.88 Å². The molecule has 0 aliphatic carbocycles. The molecule has 186 valence electrons. The third-order valence-electron chi connectivity index (χ3n) is 6.15. The number of H-pyrrole nitrogens is 1. The number of aromatic amines is 1. The molecule has 0 aliphatic rings. The number of ether oxygens (including phenoxy) is 3. The number of nitrogens with one attached hydrogen (secondary N) is 1. The van der Waals surface area contributed by atoms with Gasteiger partial charge in [0.1, 0.15) is 17.2 Å². The largest absolute Gasteiger partial charge is 0.512 e. The normalized spacial score (nSPS) is 10.8. The van der Waals surface area contributed by atoms with E-state index in [2.05, 4.69) is 24.0 Å². The molecule has 37 heavy (non-hydrogen) atoms. The van der Waals surface area contributed by atoms with Crippen molar-refractivity contribution in [1.29, 1.82) is 0 Å². The van der Waals surface area contributed by atoms with Gasteiger partial charge in [0.05, 0.1) is 12.1 Å². The van der Waals surface area contributed by atoms with Crippen LogP contribution in [0.15, 0.2) is 97.1 Å². The van der Waals surface area contributed by atoms with Crippen molar-refractivity contribution in [2.24, 2.45) is 0 Å². The third-order valence-corrected chi connectivity index (χ3v) is 6.15. The minimum Gasteiger partial charge on any atom is -0.493 e. The van der Waals surface area contributed by atoms with Crippen LogP contribution >= 0.6 is 0 Å². The molecular formula is C31H27NO5. The number of aromatic nitrogens is 1. The first-order valence-electron chi connectivity index (χ1n) is 12.1. The highest BCUT2D eigenvalue weighted by Gasteiger charge is 2.18. The lowest BCUT2D eigenvalue weighted by Crippen LogP contribution is -2.06. The van der Waals surface area contributed by atoms with Gasteiger partial charge in [-0.05, 0) is 55.2 Å². The fourth-order valence-electron chi connectivity index (χ4n) is 4.46. The van der Waals surface area contributed by atoms with Gasteiger partial charge in [0.25, 0.3) is 0 Å². The molecule has 0 fully saturated rings. The van der Waals surface area contributed by atoms with E-state index in [4.69, 9.17) is 14.2 Å². The Balaban J connectivity index is 1.32. The second-order valence-electron chi connectivity index (χ2n) is 8.69. The molecule has 0 amide bonds. The summed E-state index contributed by atoms with van der Waals surface area (Å²) in [5.41, 5.74) is 4.90. The zero-order chi connectivity index (χ0) is 25.6. The molecule has 0 bridgehead atoms. The van der Waals surface area contributed by atoms with Crippen LogP contribution in [-0.2, 0) is 6.42 Å². The van der Waals surface area contributed by atoms with Gasteiger partial charge in [-0.15, -0.1) is 0 Å². The van der Waals surface area contributed by atoms with Crippen LogP contribution in [0.4, 0.5) is 4.79 Å². The summed E-state index contributed by atoms with van der Waals surface area (Å²) in [6.45, 7) is 2.51. The van der Waals surface area contributed by atoms with E-state index in [1.165, 1.54) is 0 Å². The van der Waals surface area contributed by atoms with Gasteiger partial charge in [-0.3, -0.25) is 0 Å². The van der Waals surface area contributed by atoms with E-state index >= 15 is 0 Å². The maximum absolute atomic E-state index is 11.4. The monoisotopic (exact) mass is 493 g/mol. The van der Waals surface area contributed by atoms with E-state index < -0.39 is 6.16 Å². The molecule has 0 atom stereocenters. The Kier molecular flexibility index (Phi) is 7.08. The Bertz CT molecular complexity index is 1520. The van der Waals surface area contributed by atoms with Crippen LogP contribution < -0.4 is 14.2 Å². The number of benzene rings is 4. The number of rotatable bonds is 9. The van der Waals surface area contributed by atoms with Crippen LogP contribution in [-0.4, -0.2) is 22.9 Å². The minimum atomic E-state index is -1.35. The van der Waals surface area contributed by atoms with Crippen LogP contribution in [0.5, 0.6) is 23.1 Å². The van der Waals surface area contributed by atoms with Crippen LogP contribution in [0, 0.1) is 6.92 Å². The average Bonchev–Trinajstić information content (AvgIpc) is 3.24. The van der Waals surface area contributed by atoms with Crippen molar-refractivity contribution in [3.63, 3.8) is 0 Å². The van der Waals surface area contributed by atoms with Gasteiger partial charge in [0, 0.05) is 22.6 Å². The molecular weight excluding hydrogens is 466 g/mol. The molecule has 5 aromatic rings. The van der Waals surface area contributed by atoms with Crippen LogP contribution in [0.25, 0.3) is 22.0 Å². The highest BCUT2D eigenvalue weighted by molar-refractivity contribution is 5.98. The van der Waals surface area contributed by atoms with E-state index in [1.807, 2.05) is 84.9 Å². The summed E-state index contributed by atoms with van der Waals surface area (Å²) in [5.74, 6) is 2.41. The lowest BCUT2D eigenvalue weighted by Gasteiger charge is -2.10. The Morgan fingerprint density at radius 3 is 2.32 bits per heavy atom. The van der Waals surface area contributed by atoms with Crippen LogP contribution in [0.3, 0.4) is 0 Å². The highest BCUT2D eigenvalue weighted by atomic mass is 16.7. The Morgan fingerprint density at radius 1 is 0.811 bits per heavy atom. The van der Waals surface area contributed by atoms with E-state index in [0.717, 1.165) is 38.9 Å². The number of para-hydroxylation sites is 2. The Labute approximate surface area is 215 Å². The molecule has 6 heteroatoms. The van der Waals surface area contributed by atoms with Gasteiger partial charge in [0.2, 0.25) is 5.88 Å². The molecule has 6 nitrogen and oxygen atoms in total. The quantitative estimate of drug-likeness (QED) is 0.161. The summed E-state index contributed by atoms with van der Waals surface area (Å²) >= 11 is 0. The second kappa shape index (κ2) is 10.9. The van der Waals surface area contributed by atoms with E-state index in [9.17, 15) is 9.90 Å². The predicted octanol–water partition coefficient (Wildman–Crippen LogP) is 8.00. The van der Waals surface area contributed by atoms with Crippen molar-refractivity contribution in [3.8, 4) is 34.3 Å². The summed E-state index contributed by atoms with van der Waals surface area (Å²) in [7, 11) is 0. The lowest BCUT2D eigenvalue weighted by molar-refractivity contribution is 0.142. The van der Waals surface area contributed by atoms with Crippen molar-refractivity contribution in [2.75, 3.05) is 6.61 Å². The summed E-state index contributed by atoms with van der Waals surface area (Å²) in [4.78, 5) is 14.6. The molecule has 2 N–H and O–H groups in total. The molecule has 1 aromatic heterocycles. The number of carbonyl (C=O) groups is 1. The van der Waals surface area contributed by atoms with Crippen LogP contribution in [0.1, 0.15) is 17.5 Å². The SMILES string of the molecule is Cc1ccccc1-c1cccc2c(CCCOc3cccc(Oc4ccccc4)c3)c(OC(=O)O)[nH]c12. The summed E-state index contributed by atoms with van der Waals surface area (Å²) in [5, 5.41) is 10.3. The standard InChI is InChI=1S/C31H27NO5/c1-21-10-5-6-15-25(21)26-16-8-17-27-28(30(32-29(26)27)37-31(33)34)18-9-19-35-23-13-7-14-24(20-23)36-22-11-3-2-4-12-22/h2-8,10-17,20,32H,9,18-19H2,1H3,(H,33,34). The minimum absolute atomic E-state index is 0.252. The fraction of sp³-hybridized carbons (Fsp3) is 0.129. The Hall–Kier alpha value is -4.71. The van der Waals surface area contributed by atoms with E-state index in [0.29, 0.717) is 30.9 Å². The molecule has 4 aromatic carbocycles. The molecule has 0 spiro atoms. The predicted molar refractivity (Wildman–Crippen MR) is 144 cm³/mol. The number of fused-ring (bicyclic) bond motifs is 1. The highest BCUT2D eigenvalue weighted by Crippen LogP contribution is 2.37.